The molecule has 0 aliphatic heterocycles. The lowest BCUT2D eigenvalue weighted by atomic mass is 10.1. The van der Waals surface area contributed by atoms with Gasteiger partial charge in [0.2, 0.25) is 0 Å². The summed E-state index contributed by atoms with van der Waals surface area (Å²) in [5, 5.41) is 12.6. The largest absolute Gasteiger partial charge is 0.387 e. The Labute approximate surface area is 167 Å². The smallest absolute Gasteiger partial charge is 0.263 e. The van der Waals surface area contributed by atoms with Crippen LogP contribution in [0.1, 0.15) is 29.3 Å². The van der Waals surface area contributed by atoms with Crippen LogP contribution in [0.3, 0.4) is 0 Å². The lowest BCUT2D eigenvalue weighted by Crippen LogP contribution is -2.14. The molecule has 142 valence electrons. The summed E-state index contributed by atoms with van der Waals surface area (Å²) >= 11 is 7.15. The second kappa shape index (κ2) is 8.39. The van der Waals surface area contributed by atoms with Crippen molar-refractivity contribution in [3.63, 3.8) is 0 Å². The van der Waals surface area contributed by atoms with E-state index >= 15 is 0 Å². The van der Waals surface area contributed by atoms with Crippen molar-refractivity contribution in [1.82, 2.24) is 4.98 Å². The van der Waals surface area contributed by atoms with Gasteiger partial charge in [0.1, 0.15) is 0 Å². The van der Waals surface area contributed by atoms with E-state index in [0.29, 0.717) is 29.1 Å². The third-order valence-corrected chi connectivity index (χ3v) is 6.94. The second-order valence-corrected chi connectivity index (χ2v) is 9.00. The van der Waals surface area contributed by atoms with Crippen molar-refractivity contribution in [2.45, 2.75) is 30.8 Å². The molecule has 8 heteroatoms. The molecule has 0 amide bonds. The fraction of sp³-hybridized carbons (Fsp3) is 0.211. The van der Waals surface area contributed by atoms with Gasteiger partial charge in [0, 0.05) is 10.4 Å². The van der Waals surface area contributed by atoms with Crippen LogP contribution in [-0.4, -0.2) is 18.5 Å². The van der Waals surface area contributed by atoms with Crippen LogP contribution in [0.15, 0.2) is 58.8 Å². The van der Waals surface area contributed by atoms with E-state index in [0.717, 1.165) is 16.9 Å². The highest BCUT2D eigenvalue weighted by Crippen LogP contribution is 2.28. The molecule has 0 spiro atoms. The zero-order valence-electron chi connectivity index (χ0n) is 14.6. The lowest BCUT2D eigenvalue weighted by molar-refractivity contribution is 0.164. The number of thiazole rings is 1. The summed E-state index contributed by atoms with van der Waals surface area (Å²) in [6.07, 6.45) is 0.461. The Hall–Kier alpha value is -1.93. The Bertz CT molecular complexity index is 1020. The predicted octanol–water partition coefficient (Wildman–Crippen LogP) is 4.57. The Balaban J connectivity index is 1.69. The van der Waals surface area contributed by atoms with Gasteiger partial charge in [-0.3, -0.25) is 4.72 Å². The van der Waals surface area contributed by atoms with Crippen LogP contribution in [0.5, 0.6) is 0 Å². The van der Waals surface area contributed by atoms with E-state index in [1.807, 2.05) is 30.3 Å². The minimum atomic E-state index is -3.80. The summed E-state index contributed by atoms with van der Waals surface area (Å²) in [6, 6.07) is 14.6. The van der Waals surface area contributed by atoms with E-state index < -0.39 is 16.1 Å². The predicted molar refractivity (Wildman–Crippen MR) is 109 cm³/mol. The van der Waals surface area contributed by atoms with Gasteiger partial charge in [-0.2, -0.15) is 0 Å². The lowest BCUT2D eigenvalue weighted by Gasteiger charge is -2.09. The first-order valence-corrected chi connectivity index (χ1v) is 11.1. The van der Waals surface area contributed by atoms with Gasteiger partial charge in [0.25, 0.3) is 10.0 Å². The van der Waals surface area contributed by atoms with Crippen molar-refractivity contribution in [2.75, 3.05) is 4.72 Å². The molecule has 0 saturated heterocycles. The minimum absolute atomic E-state index is 0.108. The molecule has 0 aliphatic carbocycles. The zero-order chi connectivity index (χ0) is 19.4. The number of nitrogens with one attached hydrogen (secondary N) is 1. The molecule has 1 aromatic heterocycles. The van der Waals surface area contributed by atoms with Gasteiger partial charge in [0.15, 0.2) is 5.13 Å². The van der Waals surface area contributed by atoms with Crippen LogP contribution in [-0.2, 0) is 16.4 Å². The van der Waals surface area contributed by atoms with Crippen LogP contribution >= 0.6 is 22.9 Å². The Kier molecular flexibility index (Phi) is 6.16. The number of benzene rings is 2. The maximum absolute atomic E-state index is 12.6. The minimum Gasteiger partial charge on any atom is -0.387 e. The molecule has 0 aliphatic rings. The second-order valence-electron chi connectivity index (χ2n) is 6.09. The average molecular weight is 423 g/mol. The summed E-state index contributed by atoms with van der Waals surface area (Å²) < 4.78 is 27.7. The fourth-order valence-electron chi connectivity index (χ4n) is 2.63. The highest BCUT2D eigenvalue weighted by atomic mass is 35.5. The number of anilines is 1. The van der Waals surface area contributed by atoms with Gasteiger partial charge in [-0.25, -0.2) is 13.4 Å². The number of rotatable bonds is 7. The summed E-state index contributed by atoms with van der Waals surface area (Å²) in [5.74, 6) is 0. The van der Waals surface area contributed by atoms with E-state index in [9.17, 15) is 13.5 Å². The maximum atomic E-state index is 12.6. The number of aliphatic hydroxyl groups is 1. The van der Waals surface area contributed by atoms with Crippen molar-refractivity contribution >= 4 is 38.1 Å². The third-order valence-electron chi connectivity index (χ3n) is 4.14. The van der Waals surface area contributed by atoms with Gasteiger partial charge >= 0.3 is 0 Å². The molecule has 0 radical (unpaired) electrons. The van der Waals surface area contributed by atoms with Crippen LogP contribution in [0.25, 0.3) is 0 Å². The number of aliphatic hydroxyl groups excluding tert-OH is 1. The van der Waals surface area contributed by atoms with Crippen molar-refractivity contribution < 1.29 is 13.5 Å². The first kappa shape index (κ1) is 19.8. The van der Waals surface area contributed by atoms with E-state index in [1.54, 1.807) is 24.4 Å². The molecule has 3 rings (SSSR count). The first-order chi connectivity index (χ1) is 12.9. The molecular weight excluding hydrogens is 404 g/mol. The molecular formula is C19H19ClN2O3S2. The monoisotopic (exact) mass is 422 g/mol. The Morgan fingerprint density at radius 2 is 1.93 bits per heavy atom. The number of aromatic nitrogens is 1. The highest BCUT2D eigenvalue weighted by Gasteiger charge is 2.21. The van der Waals surface area contributed by atoms with Crippen LogP contribution in [0, 0.1) is 6.92 Å². The van der Waals surface area contributed by atoms with Gasteiger partial charge in [-0.05, 0) is 43.0 Å². The van der Waals surface area contributed by atoms with Gasteiger partial charge in [-0.1, -0.05) is 48.0 Å². The fourth-order valence-corrected chi connectivity index (χ4v) is 5.14. The SMILES string of the molecule is Cc1c(Cl)cccc1S(=O)(=O)Nc1nc(C(O)CCc2ccccc2)cs1. The molecule has 27 heavy (non-hydrogen) atoms. The Morgan fingerprint density at radius 1 is 1.19 bits per heavy atom. The number of halogens is 1. The highest BCUT2D eigenvalue weighted by molar-refractivity contribution is 7.93. The van der Waals surface area contributed by atoms with E-state index in [-0.39, 0.29) is 10.0 Å². The van der Waals surface area contributed by atoms with Crippen molar-refractivity contribution in [3.05, 3.63) is 75.8 Å². The summed E-state index contributed by atoms with van der Waals surface area (Å²) in [6.45, 7) is 1.65. The zero-order valence-corrected chi connectivity index (χ0v) is 17.0. The van der Waals surface area contributed by atoms with Crippen molar-refractivity contribution in [2.24, 2.45) is 0 Å². The normalized spacial score (nSPS) is 12.7. The van der Waals surface area contributed by atoms with Crippen molar-refractivity contribution in [1.29, 1.82) is 0 Å². The molecule has 1 unspecified atom stereocenters. The van der Waals surface area contributed by atoms with E-state index in [4.69, 9.17) is 11.6 Å². The standard InChI is InChI=1S/C19H19ClN2O3S2/c1-13-15(20)8-5-9-18(13)27(24,25)22-19-21-16(12-26-19)17(23)11-10-14-6-3-2-4-7-14/h2-9,12,17,23H,10-11H2,1H3,(H,21,22). The number of nitrogens with zero attached hydrogens (tertiary/aromatic N) is 1. The van der Waals surface area contributed by atoms with Gasteiger partial charge < -0.3 is 5.11 Å². The first-order valence-electron chi connectivity index (χ1n) is 8.32. The summed E-state index contributed by atoms with van der Waals surface area (Å²) in [4.78, 5) is 4.34. The molecule has 2 N–H and O–H groups in total. The van der Waals surface area contributed by atoms with E-state index in [1.165, 1.54) is 6.07 Å². The molecule has 1 heterocycles. The number of hydrogen-bond donors (Lipinski definition) is 2. The topological polar surface area (TPSA) is 79.3 Å². The average Bonchev–Trinajstić information content (AvgIpc) is 3.10. The maximum Gasteiger partial charge on any atom is 0.263 e. The van der Waals surface area contributed by atoms with Gasteiger partial charge in [-0.15, -0.1) is 11.3 Å². The van der Waals surface area contributed by atoms with Crippen LogP contribution in [0.2, 0.25) is 5.02 Å². The molecule has 0 fully saturated rings. The van der Waals surface area contributed by atoms with E-state index in [2.05, 4.69) is 9.71 Å². The van der Waals surface area contributed by atoms with Crippen molar-refractivity contribution in [3.8, 4) is 0 Å². The molecule has 0 bridgehead atoms. The molecule has 5 nitrogen and oxygen atoms in total. The molecule has 2 aromatic carbocycles. The quantitative estimate of drug-likeness (QED) is 0.584. The summed E-state index contributed by atoms with van der Waals surface area (Å²) in [7, 11) is -3.80. The summed E-state index contributed by atoms with van der Waals surface area (Å²) in [5.41, 5.74) is 2.06. The third kappa shape index (κ3) is 4.87. The van der Waals surface area contributed by atoms with Crippen LogP contribution in [0.4, 0.5) is 5.13 Å². The van der Waals surface area contributed by atoms with Crippen LogP contribution < -0.4 is 4.72 Å². The Morgan fingerprint density at radius 3 is 2.67 bits per heavy atom. The number of sulfonamides is 1. The van der Waals surface area contributed by atoms with Gasteiger partial charge in [0.05, 0.1) is 16.7 Å². The molecule has 3 aromatic rings. The molecule has 1 atom stereocenters. The molecule has 0 saturated carbocycles. The number of aryl methyl sites for hydroxylation is 1. The number of hydrogen-bond acceptors (Lipinski definition) is 5.